The minimum absolute atomic E-state index is 0.0638. The van der Waals surface area contributed by atoms with Crippen LogP contribution in [0, 0.1) is 0 Å². The molecule has 0 atom stereocenters. The number of aryl methyl sites for hydroxylation is 2. The van der Waals surface area contributed by atoms with Crippen molar-refractivity contribution in [1.82, 2.24) is 4.68 Å². The zero-order valence-corrected chi connectivity index (χ0v) is 9.79. The first-order chi connectivity index (χ1) is 8.16. The molecule has 88 valence electrons. The lowest BCUT2D eigenvalue weighted by molar-refractivity contribution is -0.115. The lowest BCUT2D eigenvalue weighted by atomic mass is 9.92. The maximum atomic E-state index is 11.2. The number of hydrogen-bond acceptors (Lipinski definition) is 2. The van der Waals surface area contributed by atoms with Gasteiger partial charge in [-0.05, 0) is 42.5 Å². The highest BCUT2D eigenvalue weighted by molar-refractivity contribution is 5.93. The molecule has 2 aromatic rings. The van der Waals surface area contributed by atoms with E-state index in [-0.39, 0.29) is 5.91 Å². The van der Waals surface area contributed by atoms with Gasteiger partial charge in [0.1, 0.15) is 0 Å². The van der Waals surface area contributed by atoms with Crippen LogP contribution >= 0.6 is 0 Å². The number of nitrogens with zero attached hydrogens (tertiary/aromatic N) is 1. The molecule has 1 aliphatic carbocycles. The standard InChI is InChI=1S/C13H15N3O/c1-8(17)15-16-7-9-3-2-4-10-11(14)5-6-12(16)13(9)10/h5-7H,2-4,14H2,1H3,(H,15,17). The Bertz CT molecular complexity index is 613. The largest absolute Gasteiger partial charge is 0.398 e. The van der Waals surface area contributed by atoms with E-state index in [1.807, 2.05) is 18.3 Å². The summed E-state index contributed by atoms with van der Waals surface area (Å²) in [6.45, 7) is 1.52. The molecule has 1 aliphatic rings. The van der Waals surface area contributed by atoms with Gasteiger partial charge in [-0.25, -0.2) is 0 Å². The number of carbonyl (C=O) groups excluding carboxylic acids is 1. The van der Waals surface area contributed by atoms with Gasteiger partial charge in [-0.15, -0.1) is 0 Å². The summed E-state index contributed by atoms with van der Waals surface area (Å²) in [5.41, 5.74) is 13.2. The molecule has 0 fully saturated rings. The average Bonchev–Trinajstić information content (AvgIpc) is 2.62. The fourth-order valence-corrected chi connectivity index (χ4v) is 2.68. The van der Waals surface area contributed by atoms with Gasteiger partial charge >= 0.3 is 0 Å². The zero-order valence-electron chi connectivity index (χ0n) is 9.79. The van der Waals surface area contributed by atoms with E-state index in [1.54, 1.807) is 4.68 Å². The van der Waals surface area contributed by atoms with Crippen LogP contribution in [0.4, 0.5) is 5.69 Å². The molecule has 1 aromatic carbocycles. The first-order valence-electron chi connectivity index (χ1n) is 5.85. The van der Waals surface area contributed by atoms with Gasteiger partial charge in [-0.2, -0.15) is 0 Å². The van der Waals surface area contributed by atoms with Crippen molar-refractivity contribution in [2.75, 3.05) is 11.2 Å². The van der Waals surface area contributed by atoms with E-state index >= 15 is 0 Å². The van der Waals surface area contributed by atoms with Crippen molar-refractivity contribution < 1.29 is 4.79 Å². The molecule has 17 heavy (non-hydrogen) atoms. The first kappa shape index (κ1) is 10.2. The third kappa shape index (κ3) is 1.48. The summed E-state index contributed by atoms with van der Waals surface area (Å²) in [5.74, 6) is -0.0638. The lowest BCUT2D eigenvalue weighted by Gasteiger charge is -2.14. The van der Waals surface area contributed by atoms with Crippen LogP contribution in [0.3, 0.4) is 0 Å². The van der Waals surface area contributed by atoms with Crippen LogP contribution in [-0.4, -0.2) is 10.6 Å². The number of nitrogens with one attached hydrogen (secondary N) is 1. The molecule has 0 saturated heterocycles. The van der Waals surface area contributed by atoms with E-state index in [0.29, 0.717) is 0 Å². The average molecular weight is 229 g/mol. The normalized spacial score (nSPS) is 13.9. The fourth-order valence-electron chi connectivity index (χ4n) is 2.68. The van der Waals surface area contributed by atoms with Crippen molar-refractivity contribution in [3.05, 3.63) is 29.5 Å². The number of nitrogen functional groups attached to an aromatic ring is 1. The lowest BCUT2D eigenvalue weighted by Crippen LogP contribution is -2.18. The SMILES string of the molecule is CC(=O)Nn1cc2c3c(c(N)ccc31)CCC2. The molecule has 4 nitrogen and oxygen atoms in total. The summed E-state index contributed by atoms with van der Waals surface area (Å²) in [4.78, 5) is 11.2. The van der Waals surface area contributed by atoms with Gasteiger partial charge in [0, 0.05) is 24.2 Å². The van der Waals surface area contributed by atoms with Gasteiger partial charge in [-0.3, -0.25) is 14.9 Å². The van der Waals surface area contributed by atoms with Gasteiger partial charge in [0.2, 0.25) is 5.91 Å². The Morgan fingerprint density at radius 2 is 2.24 bits per heavy atom. The van der Waals surface area contributed by atoms with E-state index in [2.05, 4.69) is 5.43 Å². The van der Waals surface area contributed by atoms with Gasteiger partial charge in [0.25, 0.3) is 0 Å². The van der Waals surface area contributed by atoms with Crippen LogP contribution in [0.15, 0.2) is 18.3 Å². The highest BCUT2D eigenvalue weighted by Crippen LogP contribution is 2.34. The molecule has 3 rings (SSSR count). The second-order valence-electron chi connectivity index (χ2n) is 4.57. The Labute approximate surface area is 99.4 Å². The smallest absolute Gasteiger partial charge is 0.235 e. The van der Waals surface area contributed by atoms with Crippen LogP contribution in [0.5, 0.6) is 0 Å². The minimum Gasteiger partial charge on any atom is -0.398 e. The molecule has 0 radical (unpaired) electrons. The number of benzene rings is 1. The first-order valence-corrected chi connectivity index (χ1v) is 5.85. The molecule has 1 aromatic heterocycles. The van der Waals surface area contributed by atoms with Gasteiger partial charge in [0.05, 0.1) is 5.52 Å². The Kier molecular flexibility index (Phi) is 2.11. The fraction of sp³-hybridized carbons (Fsp3) is 0.308. The van der Waals surface area contributed by atoms with Crippen LogP contribution in [-0.2, 0) is 17.6 Å². The van der Waals surface area contributed by atoms with E-state index in [0.717, 1.165) is 30.5 Å². The quantitative estimate of drug-likeness (QED) is 0.732. The molecular weight excluding hydrogens is 214 g/mol. The second-order valence-corrected chi connectivity index (χ2v) is 4.57. The third-order valence-corrected chi connectivity index (χ3v) is 3.34. The van der Waals surface area contributed by atoms with Gasteiger partial charge in [-0.1, -0.05) is 0 Å². The van der Waals surface area contributed by atoms with E-state index in [4.69, 9.17) is 5.73 Å². The van der Waals surface area contributed by atoms with Crippen LogP contribution in [0.2, 0.25) is 0 Å². The maximum Gasteiger partial charge on any atom is 0.235 e. The molecule has 0 saturated carbocycles. The van der Waals surface area contributed by atoms with Crippen LogP contribution in [0.1, 0.15) is 24.5 Å². The number of rotatable bonds is 1. The predicted octanol–water partition coefficient (Wildman–Crippen LogP) is 1.80. The van der Waals surface area contributed by atoms with E-state index in [1.165, 1.54) is 23.4 Å². The summed E-state index contributed by atoms with van der Waals surface area (Å²) in [5, 5.41) is 1.23. The van der Waals surface area contributed by atoms with Crippen molar-refractivity contribution in [2.45, 2.75) is 26.2 Å². The van der Waals surface area contributed by atoms with Gasteiger partial charge in [0.15, 0.2) is 0 Å². The molecule has 4 heteroatoms. The Balaban J connectivity index is 2.29. The highest BCUT2D eigenvalue weighted by atomic mass is 16.2. The second kappa shape index (κ2) is 3.52. The molecule has 3 N–H and O–H groups in total. The van der Waals surface area contributed by atoms with Crippen molar-refractivity contribution in [2.24, 2.45) is 0 Å². The molecule has 1 amide bonds. The molecule has 1 heterocycles. The highest BCUT2D eigenvalue weighted by Gasteiger charge is 2.18. The molecular formula is C13H15N3O. The number of aromatic nitrogens is 1. The van der Waals surface area contributed by atoms with Crippen molar-refractivity contribution in [1.29, 1.82) is 0 Å². The summed E-state index contributed by atoms with van der Waals surface area (Å²) in [7, 11) is 0. The third-order valence-electron chi connectivity index (χ3n) is 3.34. The Morgan fingerprint density at radius 1 is 1.41 bits per heavy atom. The predicted molar refractivity (Wildman–Crippen MR) is 68.4 cm³/mol. The van der Waals surface area contributed by atoms with Crippen LogP contribution < -0.4 is 11.2 Å². The maximum absolute atomic E-state index is 11.2. The topological polar surface area (TPSA) is 60.0 Å². The number of hydrogen-bond donors (Lipinski definition) is 2. The molecule has 0 bridgehead atoms. The summed E-state index contributed by atoms with van der Waals surface area (Å²) >= 11 is 0. The minimum atomic E-state index is -0.0638. The summed E-state index contributed by atoms with van der Waals surface area (Å²) in [6.07, 6.45) is 5.22. The number of nitrogens with two attached hydrogens (primary N) is 1. The van der Waals surface area contributed by atoms with E-state index in [9.17, 15) is 4.79 Å². The van der Waals surface area contributed by atoms with Gasteiger partial charge < -0.3 is 5.73 Å². The summed E-state index contributed by atoms with van der Waals surface area (Å²) < 4.78 is 1.81. The van der Waals surface area contributed by atoms with Crippen molar-refractivity contribution in [3.8, 4) is 0 Å². The van der Waals surface area contributed by atoms with Crippen molar-refractivity contribution in [3.63, 3.8) is 0 Å². The molecule has 0 aliphatic heterocycles. The summed E-state index contributed by atoms with van der Waals surface area (Å²) in [6, 6.07) is 3.89. The molecule has 0 unspecified atom stereocenters. The molecule has 0 spiro atoms. The van der Waals surface area contributed by atoms with Crippen LogP contribution in [0.25, 0.3) is 10.9 Å². The zero-order chi connectivity index (χ0) is 12.0. The number of carbonyl (C=O) groups is 1. The van der Waals surface area contributed by atoms with Crippen molar-refractivity contribution >= 4 is 22.5 Å². The monoisotopic (exact) mass is 229 g/mol. The number of amides is 1. The number of anilines is 1. The van der Waals surface area contributed by atoms with E-state index < -0.39 is 0 Å². The Hall–Kier alpha value is -1.97. The Morgan fingerprint density at radius 3 is 3.00 bits per heavy atom.